The van der Waals surface area contributed by atoms with E-state index in [0.29, 0.717) is 0 Å². The highest BCUT2D eigenvalue weighted by Gasteiger charge is 2.11. The molecule has 0 heterocycles. The largest absolute Gasteiger partial charge is 0.350 e. The van der Waals surface area contributed by atoms with Crippen LogP contribution in [-0.4, -0.2) is 17.3 Å². The Morgan fingerprint density at radius 2 is 2.22 bits per heavy atom. The lowest BCUT2D eigenvalue weighted by Crippen LogP contribution is -2.41. The highest BCUT2D eigenvalue weighted by Crippen LogP contribution is 1.96. The van der Waals surface area contributed by atoms with Crippen LogP contribution in [-0.2, 0) is 4.79 Å². The van der Waals surface area contributed by atoms with E-state index in [9.17, 15) is 4.79 Å². The molecule has 0 spiro atoms. The van der Waals surface area contributed by atoms with Gasteiger partial charge in [0.15, 0.2) is 0 Å². The van der Waals surface area contributed by atoms with Gasteiger partial charge in [-0.15, -0.1) is 11.6 Å². The van der Waals surface area contributed by atoms with Crippen LogP contribution >= 0.6 is 11.6 Å². The lowest BCUT2D eigenvalue weighted by molar-refractivity contribution is -0.119. The van der Waals surface area contributed by atoms with Crippen molar-refractivity contribution in [2.24, 2.45) is 0 Å². The van der Waals surface area contributed by atoms with Crippen LogP contribution in [0.2, 0.25) is 0 Å². The van der Waals surface area contributed by atoms with Crippen LogP contribution in [0.15, 0.2) is 0 Å². The minimum absolute atomic E-state index is 0.00104. The van der Waals surface area contributed by atoms with Gasteiger partial charge in [0.25, 0.3) is 0 Å². The minimum Gasteiger partial charge on any atom is -0.350 e. The van der Waals surface area contributed by atoms with Crippen LogP contribution in [0.3, 0.4) is 0 Å². The average molecular weight is 149 g/mol. The second kappa shape index (κ2) is 3.06. The summed E-state index contributed by atoms with van der Waals surface area (Å²) in [6, 6.07) is 0. The molecule has 0 saturated carbocycles. The molecule has 0 rings (SSSR count). The van der Waals surface area contributed by atoms with Crippen molar-refractivity contribution in [3.63, 3.8) is 0 Å². The molecule has 0 aliphatic carbocycles. The van der Waals surface area contributed by atoms with Gasteiger partial charge >= 0.3 is 0 Å². The SMILES string of the molecule is [CH2]C(C)(C)NC(=O)CCl. The molecule has 1 radical (unpaired) electrons. The van der Waals surface area contributed by atoms with E-state index in [-0.39, 0.29) is 11.8 Å². The normalized spacial score (nSPS) is 11.1. The van der Waals surface area contributed by atoms with Crippen molar-refractivity contribution in [1.29, 1.82) is 0 Å². The number of amides is 1. The van der Waals surface area contributed by atoms with E-state index >= 15 is 0 Å². The van der Waals surface area contributed by atoms with E-state index in [2.05, 4.69) is 12.2 Å². The molecule has 0 unspecified atom stereocenters. The molecular weight excluding hydrogens is 138 g/mol. The molecule has 2 nitrogen and oxygen atoms in total. The molecule has 0 aliphatic heterocycles. The second-order valence-corrected chi connectivity index (χ2v) is 2.83. The molecule has 0 atom stereocenters. The Labute approximate surface area is 60.6 Å². The maximum absolute atomic E-state index is 10.5. The number of carbonyl (C=O) groups is 1. The topological polar surface area (TPSA) is 29.1 Å². The predicted octanol–water partition coefficient (Wildman–Crippen LogP) is 0.954. The number of hydrogen-bond acceptors (Lipinski definition) is 1. The van der Waals surface area contributed by atoms with Crippen LogP contribution in [0.25, 0.3) is 0 Å². The highest BCUT2D eigenvalue weighted by atomic mass is 35.5. The van der Waals surface area contributed by atoms with Gasteiger partial charge in [0, 0.05) is 5.54 Å². The van der Waals surface area contributed by atoms with Gasteiger partial charge in [-0.1, -0.05) is 0 Å². The van der Waals surface area contributed by atoms with Crippen molar-refractivity contribution in [2.45, 2.75) is 19.4 Å². The molecule has 0 aromatic rings. The van der Waals surface area contributed by atoms with E-state index in [0.717, 1.165) is 0 Å². The van der Waals surface area contributed by atoms with Crippen LogP contribution < -0.4 is 5.32 Å². The lowest BCUT2D eigenvalue weighted by atomic mass is 10.1. The van der Waals surface area contributed by atoms with Gasteiger partial charge < -0.3 is 5.32 Å². The number of hydrogen-bond donors (Lipinski definition) is 1. The van der Waals surface area contributed by atoms with Crippen LogP contribution in [0.1, 0.15) is 13.8 Å². The predicted molar refractivity (Wildman–Crippen MR) is 38.3 cm³/mol. The van der Waals surface area contributed by atoms with Gasteiger partial charge in [0.1, 0.15) is 5.88 Å². The molecule has 0 fully saturated rings. The first-order valence-electron chi connectivity index (χ1n) is 2.68. The Balaban J connectivity index is 3.60. The van der Waals surface area contributed by atoms with E-state index in [4.69, 9.17) is 11.6 Å². The maximum atomic E-state index is 10.5. The first kappa shape index (κ1) is 8.76. The Morgan fingerprint density at radius 1 is 1.78 bits per heavy atom. The lowest BCUT2D eigenvalue weighted by Gasteiger charge is -2.18. The van der Waals surface area contributed by atoms with E-state index < -0.39 is 5.54 Å². The highest BCUT2D eigenvalue weighted by molar-refractivity contribution is 6.27. The average Bonchev–Trinajstić information content (AvgIpc) is 1.62. The second-order valence-electron chi connectivity index (χ2n) is 2.57. The van der Waals surface area contributed by atoms with E-state index in [1.165, 1.54) is 0 Å². The zero-order valence-corrected chi connectivity index (χ0v) is 6.46. The number of alkyl halides is 1. The standard InChI is InChI=1S/C6H11ClNO/c1-6(2,3)8-5(9)4-7/h1,4H2,2-3H3,(H,8,9). The molecule has 0 aromatic carbocycles. The van der Waals surface area contributed by atoms with Gasteiger partial charge in [-0.2, -0.15) is 0 Å². The van der Waals surface area contributed by atoms with Crippen molar-refractivity contribution < 1.29 is 4.79 Å². The molecule has 1 N–H and O–H groups in total. The quantitative estimate of drug-likeness (QED) is 0.581. The smallest absolute Gasteiger partial charge is 0.235 e. The Hall–Kier alpha value is -0.240. The summed E-state index contributed by atoms with van der Waals surface area (Å²) in [6.45, 7) is 7.27. The van der Waals surface area contributed by atoms with Gasteiger partial charge in [0.2, 0.25) is 5.91 Å². The molecule has 0 aliphatic rings. The van der Waals surface area contributed by atoms with Gasteiger partial charge in [-0.25, -0.2) is 0 Å². The number of carbonyl (C=O) groups excluding carboxylic acids is 1. The van der Waals surface area contributed by atoms with Crippen molar-refractivity contribution in [3.8, 4) is 0 Å². The molecule has 1 amide bonds. The monoisotopic (exact) mass is 148 g/mol. The summed E-state index contributed by atoms with van der Waals surface area (Å²) >= 11 is 5.22. The first-order valence-corrected chi connectivity index (χ1v) is 3.21. The minimum atomic E-state index is -0.411. The molecule has 0 saturated heterocycles. The molecule has 53 valence electrons. The van der Waals surface area contributed by atoms with Crippen molar-refractivity contribution in [2.75, 3.05) is 5.88 Å². The van der Waals surface area contributed by atoms with Crippen LogP contribution in [0.4, 0.5) is 0 Å². The van der Waals surface area contributed by atoms with Crippen LogP contribution in [0.5, 0.6) is 0 Å². The summed E-state index contributed by atoms with van der Waals surface area (Å²) in [5.41, 5.74) is -0.411. The summed E-state index contributed by atoms with van der Waals surface area (Å²) in [5, 5.41) is 2.59. The van der Waals surface area contributed by atoms with E-state index in [1.807, 2.05) is 0 Å². The molecular formula is C6H11ClNO. The third-order valence-corrected chi connectivity index (χ3v) is 0.842. The zero-order chi connectivity index (χ0) is 7.49. The zero-order valence-electron chi connectivity index (χ0n) is 5.70. The molecule has 0 bridgehead atoms. The fourth-order valence-electron chi connectivity index (χ4n) is 0.411. The summed E-state index contributed by atoms with van der Waals surface area (Å²) in [4.78, 5) is 10.5. The van der Waals surface area contributed by atoms with Crippen molar-refractivity contribution in [1.82, 2.24) is 5.32 Å². The Morgan fingerprint density at radius 3 is 2.33 bits per heavy atom. The third-order valence-electron chi connectivity index (χ3n) is 0.599. The number of halogens is 1. The van der Waals surface area contributed by atoms with Gasteiger partial charge in [0.05, 0.1) is 0 Å². The first-order chi connectivity index (χ1) is 3.95. The summed E-state index contributed by atoms with van der Waals surface area (Å²) < 4.78 is 0. The van der Waals surface area contributed by atoms with Crippen molar-refractivity contribution in [3.05, 3.63) is 6.92 Å². The van der Waals surface area contributed by atoms with E-state index in [1.54, 1.807) is 13.8 Å². The maximum Gasteiger partial charge on any atom is 0.235 e. The Bertz CT molecular complexity index is 106. The fraction of sp³-hybridized carbons (Fsp3) is 0.667. The van der Waals surface area contributed by atoms with Crippen LogP contribution in [0, 0.1) is 6.92 Å². The Kier molecular flexibility index (Phi) is 2.98. The number of nitrogens with one attached hydrogen (secondary N) is 1. The molecule has 9 heavy (non-hydrogen) atoms. The van der Waals surface area contributed by atoms with Gasteiger partial charge in [-0.05, 0) is 20.8 Å². The third kappa shape index (κ3) is 5.63. The van der Waals surface area contributed by atoms with Gasteiger partial charge in [-0.3, -0.25) is 4.79 Å². The summed E-state index contributed by atoms with van der Waals surface area (Å²) in [7, 11) is 0. The molecule has 3 heteroatoms. The number of rotatable bonds is 2. The van der Waals surface area contributed by atoms with Crippen molar-refractivity contribution >= 4 is 17.5 Å². The summed E-state index contributed by atoms with van der Waals surface area (Å²) in [5.74, 6) is -0.185. The fourth-order valence-corrected chi connectivity index (χ4v) is 0.478. The summed E-state index contributed by atoms with van der Waals surface area (Å²) in [6.07, 6.45) is 0. The molecule has 0 aromatic heterocycles.